The van der Waals surface area contributed by atoms with E-state index < -0.39 is 16.6 Å². The van der Waals surface area contributed by atoms with Crippen molar-refractivity contribution >= 4 is 39.8 Å². The van der Waals surface area contributed by atoms with Crippen molar-refractivity contribution in [3.05, 3.63) is 55.0 Å². The predicted octanol–water partition coefficient (Wildman–Crippen LogP) is 4.27. The Bertz CT molecular complexity index is 1030. The van der Waals surface area contributed by atoms with E-state index in [1.807, 2.05) is 39.0 Å². The molecule has 0 atom stereocenters. The van der Waals surface area contributed by atoms with E-state index in [0.717, 1.165) is 21.7 Å². The molecule has 1 amide bonds. The molecule has 26 heavy (non-hydrogen) atoms. The molecule has 3 rings (SSSR count). The number of nitrogens with zero attached hydrogens (tertiary/aromatic N) is 3. The highest BCUT2D eigenvalue weighted by atomic mass is 35.5. The molecule has 8 nitrogen and oxygen atoms in total. The van der Waals surface area contributed by atoms with Gasteiger partial charge in [-0.25, -0.2) is 4.98 Å². The molecule has 0 unspecified atom stereocenters. The molecule has 0 radical (unpaired) electrons. The van der Waals surface area contributed by atoms with Gasteiger partial charge in [-0.2, -0.15) is 0 Å². The number of halogens is 1. The molecule has 0 aliphatic heterocycles. The van der Waals surface area contributed by atoms with Crippen molar-refractivity contribution in [3.63, 3.8) is 0 Å². The summed E-state index contributed by atoms with van der Waals surface area (Å²) in [7, 11) is 0. The molecule has 2 aromatic heterocycles. The van der Waals surface area contributed by atoms with E-state index in [9.17, 15) is 14.9 Å². The number of aromatic amines is 1. The average Bonchev–Trinajstić information content (AvgIpc) is 3.13. The number of benzene rings is 1. The molecule has 134 valence electrons. The standard InChI is InChI=1S/C16H14ClN5O3S/c1-7-4-5-10(6-8(7)2)12-9(3)26-16(18-12)19-15(23)13-11(17)14(21-20-13)22(24)25/h4-6H,1-3H3,(H,20,21)(H,18,19,23). The number of H-pyrrole nitrogens is 1. The molecule has 2 N–H and O–H groups in total. The topological polar surface area (TPSA) is 114 Å². The van der Waals surface area contributed by atoms with Crippen LogP contribution < -0.4 is 5.32 Å². The quantitative estimate of drug-likeness (QED) is 0.509. The second-order valence-electron chi connectivity index (χ2n) is 5.67. The Labute approximate surface area is 157 Å². The van der Waals surface area contributed by atoms with E-state index in [2.05, 4.69) is 20.5 Å². The number of nitrogens with one attached hydrogen (secondary N) is 2. The van der Waals surface area contributed by atoms with Crippen LogP contribution in [0.5, 0.6) is 0 Å². The molecule has 2 heterocycles. The van der Waals surface area contributed by atoms with Gasteiger partial charge >= 0.3 is 5.82 Å². The van der Waals surface area contributed by atoms with Crippen LogP contribution in [0.4, 0.5) is 10.9 Å². The minimum absolute atomic E-state index is 0.251. The maximum absolute atomic E-state index is 12.3. The van der Waals surface area contributed by atoms with E-state index in [1.54, 1.807) is 0 Å². The third kappa shape index (κ3) is 3.31. The van der Waals surface area contributed by atoms with Crippen LogP contribution in [0.2, 0.25) is 5.02 Å². The van der Waals surface area contributed by atoms with Crippen molar-refractivity contribution in [3.8, 4) is 11.3 Å². The number of hydrogen-bond acceptors (Lipinski definition) is 6. The van der Waals surface area contributed by atoms with Crippen molar-refractivity contribution < 1.29 is 9.72 Å². The first-order valence-electron chi connectivity index (χ1n) is 7.52. The second kappa shape index (κ2) is 6.85. The summed E-state index contributed by atoms with van der Waals surface area (Å²) in [6.45, 7) is 5.96. The SMILES string of the molecule is Cc1ccc(-c2nc(NC(=O)c3n[nH]c([N+](=O)[O-])c3Cl)sc2C)cc1C. The lowest BCUT2D eigenvalue weighted by Gasteiger charge is -2.03. The fourth-order valence-corrected chi connectivity index (χ4v) is 3.42. The molecule has 10 heteroatoms. The van der Waals surface area contributed by atoms with Gasteiger partial charge in [0, 0.05) is 10.4 Å². The van der Waals surface area contributed by atoms with Crippen LogP contribution in [0.1, 0.15) is 26.5 Å². The Hall–Kier alpha value is -2.78. The normalized spacial score (nSPS) is 10.8. The van der Waals surface area contributed by atoms with E-state index >= 15 is 0 Å². The van der Waals surface area contributed by atoms with Gasteiger partial charge in [-0.1, -0.05) is 28.8 Å². The largest absolute Gasteiger partial charge is 0.362 e. The molecule has 0 saturated carbocycles. The minimum atomic E-state index is -0.739. The lowest BCUT2D eigenvalue weighted by atomic mass is 10.0. The van der Waals surface area contributed by atoms with Crippen molar-refractivity contribution in [1.29, 1.82) is 0 Å². The second-order valence-corrected chi connectivity index (χ2v) is 7.25. The molecular weight excluding hydrogens is 378 g/mol. The summed E-state index contributed by atoms with van der Waals surface area (Å²) in [5.74, 6) is -1.19. The van der Waals surface area contributed by atoms with Crippen LogP contribution in [0.25, 0.3) is 11.3 Å². The van der Waals surface area contributed by atoms with E-state index in [-0.39, 0.29) is 10.7 Å². The Kier molecular flexibility index (Phi) is 4.75. The Morgan fingerprint density at radius 2 is 2.04 bits per heavy atom. The number of hydrogen-bond donors (Lipinski definition) is 2. The van der Waals surface area contributed by atoms with E-state index in [0.29, 0.717) is 5.13 Å². The van der Waals surface area contributed by atoms with E-state index in [4.69, 9.17) is 11.6 Å². The minimum Gasteiger partial charge on any atom is -0.358 e. The first kappa shape index (κ1) is 18.0. The van der Waals surface area contributed by atoms with Crippen molar-refractivity contribution in [1.82, 2.24) is 15.2 Å². The molecule has 0 spiro atoms. The average molecular weight is 392 g/mol. The molecule has 0 aliphatic carbocycles. The number of thiazole rings is 1. The Morgan fingerprint density at radius 3 is 2.65 bits per heavy atom. The highest BCUT2D eigenvalue weighted by molar-refractivity contribution is 7.16. The highest BCUT2D eigenvalue weighted by Gasteiger charge is 2.26. The van der Waals surface area contributed by atoms with E-state index in [1.165, 1.54) is 16.9 Å². The smallest absolute Gasteiger partial charge is 0.358 e. The maximum Gasteiger partial charge on any atom is 0.362 e. The van der Waals surface area contributed by atoms with Gasteiger partial charge in [0.25, 0.3) is 5.91 Å². The third-order valence-corrected chi connectivity index (χ3v) is 5.13. The third-order valence-electron chi connectivity index (χ3n) is 3.88. The van der Waals surface area contributed by atoms with Crippen LogP contribution in [-0.4, -0.2) is 26.0 Å². The number of aromatic nitrogens is 3. The number of carbonyl (C=O) groups excluding carboxylic acids is 1. The van der Waals surface area contributed by atoms with Crippen molar-refractivity contribution in [2.24, 2.45) is 0 Å². The molecule has 0 aliphatic rings. The van der Waals surface area contributed by atoms with Gasteiger partial charge in [-0.3, -0.25) is 10.1 Å². The van der Waals surface area contributed by atoms with Crippen LogP contribution in [-0.2, 0) is 0 Å². The lowest BCUT2D eigenvalue weighted by Crippen LogP contribution is -2.12. The number of anilines is 1. The van der Waals surface area contributed by atoms with Gasteiger partial charge in [0.1, 0.15) is 0 Å². The molecule has 0 saturated heterocycles. The highest BCUT2D eigenvalue weighted by Crippen LogP contribution is 2.32. The number of amides is 1. The zero-order valence-electron chi connectivity index (χ0n) is 14.1. The van der Waals surface area contributed by atoms with Gasteiger partial charge in [0.15, 0.2) is 15.8 Å². The number of carbonyl (C=O) groups is 1. The maximum atomic E-state index is 12.3. The number of nitro groups is 1. The summed E-state index contributed by atoms with van der Waals surface area (Å²) in [6, 6.07) is 6.03. The molecular formula is C16H14ClN5O3S. The fourth-order valence-electron chi connectivity index (χ4n) is 2.35. The van der Waals surface area contributed by atoms with Gasteiger partial charge in [0.05, 0.1) is 5.69 Å². The van der Waals surface area contributed by atoms with Crippen LogP contribution in [0.3, 0.4) is 0 Å². The lowest BCUT2D eigenvalue weighted by molar-refractivity contribution is -0.389. The number of rotatable bonds is 4. The van der Waals surface area contributed by atoms with Gasteiger partial charge in [-0.15, -0.1) is 16.4 Å². The summed E-state index contributed by atoms with van der Waals surface area (Å²) >= 11 is 7.13. The summed E-state index contributed by atoms with van der Waals surface area (Å²) in [4.78, 5) is 27.7. The Balaban J connectivity index is 1.86. The molecule has 3 aromatic rings. The van der Waals surface area contributed by atoms with Crippen LogP contribution >= 0.6 is 22.9 Å². The zero-order valence-corrected chi connectivity index (χ0v) is 15.7. The van der Waals surface area contributed by atoms with Crippen LogP contribution in [0, 0.1) is 30.9 Å². The summed E-state index contributed by atoms with van der Waals surface area (Å²) in [5.41, 5.74) is 3.81. The molecule has 1 aromatic carbocycles. The summed E-state index contributed by atoms with van der Waals surface area (Å²) in [6.07, 6.45) is 0. The van der Waals surface area contributed by atoms with Crippen molar-refractivity contribution in [2.45, 2.75) is 20.8 Å². The van der Waals surface area contributed by atoms with Gasteiger partial charge < -0.3 is 10.1 Å². The first-order chi connectivity index (χ1) is 12.3. The monoisotopic (exact) mass is 391 g/mol. The predicted molar refractivity (Wildman–Crippen MR) is 100.0 cm³/mol. The fraction of sp³-hybridized carbons (Fsp3) is 0.188. The summed E-state index contributed by atoms with van der Waals surface area (Å²) in [5, 5.41) is 19.1. The van der Waals surface area contributed by atoms with Gasteiger partial charge in [-0.05, 0) is 42.9 Å². The molecule has 0 bridgehead atoms. The number of aryl methyl sites for hydroxylation is 3. The Morgan fingerprint density at radius 1 is 1.31 bits per heavy atom. The molecule has 0 fully saturated rings. The zero-order chi connectivity index (χ0) is 19.0. The van der Waals surface area contributed by atoms with Gasteiger partial charge in [0.2, 0.25) is 0 Å². The van der Waals surface area contributed by atoms with Crippen molar-refractivity contribution in [2.75, 3.05) is 5.32 Å². The first-order valence-corrected chi connectivity index (χ1v) is 8.72. The van der Waals surface area contributed by atoms with Crippen LogP contribution in [0.15, 0.2) is 18.2 Å². The summed E-state index contributed by atoms with van der Waals surface area (Å²) < 4.78 is 0.